The number of hydrogen-bond acceptors (Lipinski definition) is 2. The van der Waals surface area contributed by atoms with Crippen molar-refractivity contribution in [2.24, 2.45) is 0 Å². The highest BCUT2D eigenvalue weighted by Crippen LogP contribution is 2.16. The second-order valence-electron chi connectivity index (χ2n) is 5.05. The standard InChI is InChI=1S/C16H22O4/c1-2-3-4-5-6-12-7-8-13(10-15(17)18)14(9-12)11-16(19)20/h7-9H,2-6,10-11H2,1H3,(H,17,18)(H,19,20). The monoisotopic (exact) mass is 278 g/mol. The first kappa shape index (κ1) is 16.2. The Labute approximate surface area is 119 Å². The van der Waals surface area contributed by atoms with Crippen molar-refractivity contribution in [3.8, 4) is 0 Å². The van der Waals surface area contributed by atoms with Gasteiger partial charge in [0.05, 0.1) is 12.8 Å². The first-order valence-electron chi connectivity index (χ1n) is 7.07. The minimum absolute atomic E-state index is 0.120. The van der Waals surface area contributed by atoms with E-state index in [-0.39, 0.29) is 12.8 Å². The molecule has 0 saturated heterocycles. The van der Waals surface area contributed by atoms with Gasteiger partial charge in [0, 0.05) is 0 Å². The molecule has 0 saturated carbocycles. The number of carbonyl (C=O) groups is 2. The molecule has 0 bridgehead atoms. The van der Waals surface area contributed by atoms with Gasteiger partial charge in [-0.25, -0.2) is 0 Å². The number of benzene rings is 1. The Morgan fingerprint density at radius 1 is 0.950 bits per heavy atom. The lowest BCUT2D eigenvalue weighted by Crippen LogP contribution is -2.08. The topological polar surface area (TPSA) is 74.6 Å². The summed E-state index contributed by atoms with van der Waals surface area (Å²) >= 11 is 0. The van der Waals surface area contributed by atoms with Crippen LogP contribution in [0.15, 0.2) is 18.2 Å². The van der Waals surface area contributed by atoms with Crippen LogP contribution in [0, 0.1) is 0 Å². The number of rotatable bonds is 9. The molecule has 110 valence electrons. The molecule has 0 aliphatic rings. The van der Waals surface area contributed by atoms with Crippen molar-refractivity contribution in [3.63, 3.8) is 0 Å². The van der Waals surface area contributed by atoms with E-state index in [0.29, 0.717) is 11.1 Å². The average Bonchev–Trinajstić information content (AvgIpc) is 2.36. The molecular weight excluding hydrogens is 256 g/mol. The minimum atomic E-state index is -0.938. The Balaban J connectivity index is 2.78. The molecule has 4 heteroatoms. The van der Waals surface area contributed by atoms with Gasteiger partial charge in [0.15, 0.2) is 0 Å². The van der Waals surface area contributed by atoms with E-state index < -0.39 is 11.9 Å². The van der Waals surface area contributed by atoms with E-state index in [2.05, 4.69) is 6.92 Å². The second-order valence-corrected chi connectivity index (χ2v) is 5.05. The van der Waals surface area contributed by atoms with Crippen LogP contribution >= 0.6 is 0 Å². The van der Waals surface area contributed by atoms with Gasteiger partial charge < -0.3 is 10.2 Å². The molecule has 0 radical (unpaired) electrons. The lowest BCUT2D eigenvalue weighted by molar-refractivity contribution is -0.137. The van der Waals surface area contributed by atoms with Crippen LogP contribution in [0.4, 0.5) is 0 Å². The molecule has 0 aliphatic heterocycles. The van der Waals surface area contributed by atoms with Crippen molar-refractivity contribution >= 4 is 11.9 Å². The number of carboxylic acids is 2. The predicted octanol–water partition coefficient (Wildman–Crippen LogP) is 3.06. The minimum Gasteiger partial charge on any atom is -0.481 e. The summed E-state index contributed by atoms with van der Waals surface area (Å²) in [5.74, 6) is -1.87. The largest absolute Gasteiger partial charge is 0.481 e. The van der Waals surface area contributed by atoms with Crippen LogP contribution < -0.4 is 0 Å². The number of unbranched alkanes of at least 4 members (excludes halogenated alkanes) is 3. The maximum absolute atomic E-state index is 10.9. The molecule has 1 aromatic carbocycles. The Morgan fingerprint density at radius 3 is 2.20 bits per heavy atom. The fourth-order valence-electron chi connectivity index (χ4n) is 2.25. The van der Waals surface area contributed by atoms with Crippen LogP contribution in [-0.2, 0) is 28.9 Å². The van der Waals surface area contributed by atoms with Gasteiger partial charge >= 0.3 is 11.9 Å². The molecule has 0 atom stereocenters. The summed E-state index contributed by atoms with van der Waals surface area (Å²) in [6.07, 6.45) is 5.31. The number of aryl methyl sites for hydroxylation is 1. The van der Waals surface area contributed by atoms with Gasteiger partial charge in [-0.05, 0) is 29.5 Å². The van der Waals surface area contributed by atoms with Gasteiger partial charge in [0.1, 0.15) is 0 Å². The molecule has 2 N–H and O–H groups in total. The summed E-state index contributed by atoms with van der Waals surface area (Å²) in [5, 5.41) is 17.8. The zero-order valence-electron chi connectivity index (χ0n) is 11.9. The summed E-state index contributed by atoms with van der Waals surface area (Å²) < 4.78 is 0. The first-order chi connectivity index (χ1) is 9.52. The van der Waals surface area contributed by atoms with E-state index in [9.17, 15) is 9.59 Å². The van der Waals surface area contributed by atoms with Crippen LogP contribution in [0.25, 0.3) is 0 Å². The number of carboxylic acid groups (broad SMARTS) is 2. The van der Waals surface area contributed by atoms with Crippen molar-refractivity contribution < 1.29 is 19.8 Å². The SMILES string of the molecule is CCCCCCc1ccc(CC(=O)O)c(CC(=O)O)c1. The van der Waals surface area contributed by atoms with Gasteiger partial charge in [-0.1, -0.05) is 44.4 Å². The Hall–Kier alpha value is -1.84. The van der Waals surface area contributed by atoms with E-state index in [0.717, 1.165) is 18.4 Å². The van der Waals surface area contributed by atoms with Gasteiger partial charge in [0.25, 0.3) is 0 Å². The van der Waals surface area contributed by atoms with E-state index in [1.165, 1.54) is 19.3 Å². The molecule has 4 nitrogen and oxygen atoms in total. The second kappa shape index (κ2) is 8.35. The lowest BCUT2D eigenvalue weighted by Gasteiger charge is -2.09. The molecule has 0 fully saturated rings. The Bertz CT molecular complexity index is 466. The number of hydrogen-bond donors (Lipinski definition) is 2. The van der Waals surface area contributed by atoms with Crippen LogP contribution in [0.3, 0.4) is 0 Å². The van der Waals surface area contributed by atoms with Gasteiger partial charge in [-0.2, -0.15) is 0 Å². The van der Waals surface area contributed by atoms with Crippen molar-refractivity contribution in [1.29, 1.82) is 0 Å². The van der Waals surface area contributed by atoms with Gasteiger partial charge in [-0.3, -0.25) is 9.59 Å². The van der Waals surface area contributed by atoms with Crippen molar-refractivity contribution in [2.75, 3.05) is 0 Å². The summed E-state index contributed by atoms with van der Waals surface area (Å²) in [4.78, 5) is 21.7. The third kappa shape index (κ3) is 5.87. The quantitative estimate of drug-likeness (QED) is 0.681. The van der Waals surface area contributed by atoms with Crippen LogP contribution in [0.5, 0.6) is 0 Å². The molecule has 0 amide bonds. The zero-order chi connectivity index (χ0) is 15.0. The highest BCUT2D eigenvalue weighted by molar-refractivity contribution is 5.74. The van der Waals surface area contributed by atoms with Crippen LogP contribution in [-0.4, -0.2) is 22.2 Å². The highest BCUT2D eigenvalue weighted by Gasteiger charge is 2.11. The Kier molecular flexibility index (Phi) is 6.77. The van der Waals surface area contributed by atoms with Gasteiger partial charge in [-0.15, -0.1) is 0 Å². The molecule has 0 aromatic heterocycles. The lowest BCUT2D eigenvalue weighted by atomic mass is 9.96. The normalized spacial score (nSPS) is 10.4. The van der Waals surface area contributed by atoms with Crippen LogP contribution in [0.2, 0.25) is 0 Å². The molecule has 1 aromatic rings. The Morgan fingerprint density at radius 2 is 1.60 bits per heavy atom. The third-order valence-electron chi connectivity index (χ3n) is 3.27. The van der Waals surface area contributed by atoms with E-state index in [1.54, 1.807) is 6.07 Å². The van der Waals surface area contributed by atoms with Crippen molar-refractivity contribution in [1.82, 2.24) is 0 Å². The predicted molar refractivity (Wildman–Crippen MR) is 77.0 cm³/mol. The van der Waals surface area contributed by atoms with E-state index >= 15 is 0 Å². The summed E-state index contributed by atoms with van der Waals surface area (Å²) in [5.41, 5.74) is 2.30. The molecule has 0 unspecified atom stereocenters. The van der Waals surface area contributed by atoms with E-state index in [1.807, 2.05) is 12.1 Å². The fraction of sp³-hybridized carbons (Fsp3) is 0.500. The fourth-order valence-corrected chi connectivity index (χ4v) is 2.25. The number of aliphatic carboxylic acids is 2. The summed E-state index contributed by atoms with van der Waals surface area (Å²) in [7, 11) is 0. The highest BCUT2D eigenvalue weighted by atomic mass is 16.4. The molecule has 0 aliphatic carbocycles. The molecule has 1 rings (SSSR count). The maximum Gasteiger partial charge on any atom is 0.307 e. The molecule has 0 heterocycles. The van der Waals surface area contributed by atoms with Crippen molar-refractivity contribution in [2.45, 2.75) is 51.9 Å². The van der Waals surface area contributed by atoms with Crippen molar-refractivity contribution in [3.05, 3.63) is 34.9 Å². The average molecular weight is 278 g/mol. The zero-order valence-corrected chi connectivity index (χ0v) is 11.9. The van der Waals surface area contributed by atoms with Crippen LogP contribution in [0.1, 0.15) is 49.3 Å². The molecular formula is C16H22O4. The van der Waals surface area contributed by atoms with E-state index in [4.69, 9.17) is 10.2 Å². The van der Waals surface area contributed by atoms with Gasteiger partial charge in [0.2, 0.25) is 0 Å². The summed E-state index contributed by atoms with van der Waals surface area (Å²) in [6.45, 7) is 2.16. The molecule has 0 spiro atoms. The third-order valence-corrected chi connectivity index (χ3v) is 3.27. The first-order valence-corrected chi connectivity index (χ1v) is 7.07. The molecule has 20 heavy (non-hydrogen) atoms. The smallest absolute Gasteiger partial charge is 0.307 e. The maximum atomic E-state index is 10.9. The summed E-state index contributed by atoms with van der Waals surface area (Å²) in [6, 6.07) is 5.51.